The summed E-state index contributed by atoms with van der Waals surface area (Å²) >= 11 is 6.19. The van der Waals surface area contributed by atoms with Crippen LogP contribution in [0.2, 0.25) is 0 Å². The lowest BCUT2D eigenvalue weighted by Gasteiger charge is -1.99. The fourth-order valence-corrected chi connectivity index (χ4v) is 1.45. The molecule has 0 unspecified atom stereocenters. The zero-order chi connectivity index (χ0) is 8.43. The lowest BCUT2D eigenvalue weighted by molar-refractivity contribution is 0.0997. The number of thiol groups is 1. The quantitative estimate of drug-likeness (QED) is 0.596. The number of benzene rings is 1. The molecule has 2 nitrogen and oxygen atoms in total. The molecule has 58 valence electrons. The van der Waals surface area contributed by atoms with Gasteiger partial charge in [-0.25, -0.2) is 0 Å². The third kappa shape index (κ3) is 2.10. The van der Waals surface area contributed by atoms with Gasteiger partial charge in [0.25, 0.3) is 0 Å². The minimum atomic E-state index is -0.437. The van der Waals surface area contributed by atoms with Crippen LogP contribution in [0.15, 0.2) is 23.1 Å². The third-order valence-corrected chi connectivity index (χ3v) is 2.29. The Hall–Kier alpha value is -0.230. The Morgan fingerprint density at radius 1 is 1.55 bits per heavy atom. The summed E-state index contributed by atoms with van der Waals surface area (Å²) in [5.74, 6) is -0.437. The largest absolute Gasteiger partial charge is 0.366 e. The second-order valence-corrected chi connectivity index (χ2v) is 3.75. The summed E-state index contributed by atoms with van der Waals surface area (Å²) in [6.45, 7) is 0. The van der Waals surface area contributed by atoms with Crippen molar-refractivity contribution < 1.29 is 4.79 Å². The first kappa shape index (κ1) is 8.86. The number of amides is 1. The van der Waals surface area contributed by atoms with Gasteiger partial charge in [-0.1, -0.05) is 0 Å². The number of hydrogen-bond donors (Lipinski definition) is 2. The number of carbonyl (C=O) groups excluding carboxylic acids is 1. The highest BCUT2D eigenvalue weighted by Crippen LogP contribution is 2.16. The Bertz CT molecular complexity index is 300. The topological polar surface area (TPSA) is 43.1 Å². The van der Waals surface area contributed by atoms with Gasteiger partial charge in [0.1, 0.15) is 0 Å². The van der Waals surface area contributed by atoms with Crippen molar-refractivity contribution in [2.45, 2.75) is 4.90 Å². The minimum Gasteiger partial charge on any atom is -0.366 e. The fourth-order valence-electron chi connectivity index (χ4n) is 0.706. The number of rotatable bonds is 1. The fraction of sp³-hybridized carbons (Fsp3) is 0. The minimum absolute atomic E-state index is 0.437. The number of primary amides is 1. The molecule has 0 saturated carbocycles. The van der Waals surface area contributed by atoms with Crippen molar-refractivity contribution >= 4 is 41.1 Å². The molecule has 4 heteroatoms. The maximum atomic E-state index is 10.7. The van der Waals surface area contributed by atoms with Crippen LogP contribution in [0.5, 0.6) is 0 Å². The Kier molecular flexibility index (Phi) is 2.78. The van der Waals surface area contributed by atoms with Gasteiger partial charge >= 0.3 is 0 Å². The highest BCUT2D eigenvalue weighted by molar-refractivity contribution is 14.1. The summed E-state index contributed by atoms with van der Waals surface area (Å²) in [4.78, 5) is 11.4. The van der Waals surface area contributed by atoms with E-state index >= 15 is 0 Å². The first-order valence-corrected chi connectivity index (χ1v) is 4.42. The molecule has 0 fully saturated rings. The van der Waals surface area contributed by atoms with Crippen LogP contribution in [0.3, 0.4) is 0 Å². The molecule has 0 aliphatic carbocycles. The molecule has 0 spiro atoms. The normalized spacial score (nSPS) is 9.64. The molecule has 0 saturated heterocycles. The summed E-state index contributed by atoms with van der Waals surface area (Å²) in [6.07, 6.45) is 0. The average molecular weight is 279 g/mol. The van der Waals surface area contributed by atoms with Crippen molar-refractivity contribution in [3.63, 3.8) is 0 Å². The molecule has 0 heterocycles. The van der Waals surface area contributed by atoms with Gasteiger partial charge in [0, 0.05) is 8.47 Å². The number of nitrogens with two attached hydrogens (primary N) is 1. The predicted molar refractivity (Wildman–Crippen MR) is 54.9 cm³/mol. The number of hydrogen-bond acceptors (Lipinski definition) is 2. The molecular weight excluding hydrogens is 273 g/mol. The van der Waals surface area contributed by atoms with Crippen molar-refractivity contribution in [2.24, 2.45) is 5.73 Å². The molecule has 0 aliphatic rings. The van der Waals surface area contributed by atoms with E-state index in [2.05, 4.69) is 35.2 Å². The van der Waals surface area contributed by atoms with Crippen molar-refractivity contribution in [3.05, 3.63) is 27.3 Å². The summed E-state index contributed by atoms with van der Waals surface area (Å²) in [5, 5.41) is 0. The van der Waals surface area contributed by atoms with Gasteiger partial charge in [0.2, 0.25) is 5.91 Å². The van der Waals surface area contributed by atoms with Crippen molar-refractivity contribution in [1.29, 1.82) is 0 Å². The SMILES string of the molecule is NC(=O)c1cc(I)ccc1S. The summed E-state index contributed by atoms with van der Waals surface area (Å²) < 4.78 is 0.981. The first-order valence-electron chi connectivity index (χ1n) is 2.89. The lowest BCUT2D eigenvalue weighted by Crippen LogP contribution is -2.11. The van der Waals surface area contributed by atoms with E-state index in [-0.39, 0.29) is 0 Å². The van der Waals surface area contributed by atoms with E-state index in [1.54, 1.807) is 12.1 Å². The zero-order valence-corrected chi connectivity index (χ0v) is 8.59. The second kappa shape index (κ2) is 3.44. The number of carbonyl (C=O) groups is 1. The third-order valence-electron chi connectivity index (χ3n) is 1.22. The molecule has 1 amide bonds. The Labute approximate surface area is 83.7 Å². The van der Waals surface area contributed by atoms with Crippen LogP contribution in [-0.2, 0) is 0 Å². The molecule has 1 rings (SSSR count). The molecule has 0 aliphatic heterocycles. The van der Waals surface area contributed by atoms with Crippen LogP contribution in [0.4, 0.5) is 0 Å². The van der Waals surface area contributed by atoms with Gasteiger partial charge < -0.3 is 5.73 Å². The monoisotopic (exact) mass is 279 g/mol. The van der Waals surface area contributed by atoms with E-state index in [0.29, 0.717) is 10.5 Å². The molecule has 11 heavy (non-hydrogen) atoms. The summed E-state index contributed by atoms with van der Waals surface area (Å²) in [7, 11) is 0. The summed E-state index contributed by atoms with van der Waals surface area (Å²) in [5.41, 5.74) is 5.56. The molecule has 1 aromatic rings. The molecule has 2 N–H and O–H groups in total. The smallest absolute Gasteiger partial charge is 0.249 e. The zero-order valence-electron chi connectivity index (χ0n) is 5.54. The maximum absolute atomic E-state index is 10.7. The van der Waals surface area contributed by atoms with E-state index in [1.807, 2.05) is 6.07 Å². The number of halogens is 1. The predicted octanol–water partition coefficient (Wildman–Crippen LogP) is 1.68. The average Bonchev–Trinajstić information content (AvgIpc) is 1.94. The van der Waals surface area contributed by atoms with Gasteiger partial charge in [-0.05, 0) is 40.8 Å². The van der Waals surface area contributed by atoms with Crippen molar-refractivity contribution in [3.8, 4) is 0 Å². The van der Waals surface area contributed by atoms with Crippen LogP contribution < -0.4 is 5.73 Å². The summed E-state index contributed by atoms with van der Waals surface area (Å²) in [6, 6.07) is 5.34. The molecular formula is C7H6INOS. The molecule has 1 aromatic carbocycles. The lowest BCUT2D eigenvalue weighted by atomic mass is 10.2. The van der Waals surface area contributed by atoms with Crippen molar-refractivity contribution in [1.82, 2.24) is 0 Å². The van der Waals surface area contributed by atoms with E-state index in [0.717, 1.165) is 3.57 Å². The highest BCUT2D eigenvalue weighted by atomic mass is 127. The van der Waals surface area contributed by atoms with Gasteiger partial charge in [0.15, 0.2) is 0 Å². The van der Waals surface area contributed by atoms with Crippen LogP contribution >= 0.6 is 35.2 Å². The van der Waals surface area contributed by atoms with Crippen LogP contribution in [-0.4, -0.2) is 5.91 Å². The van der Waals surface area contributed by atoms with Gasteiger partial charge in [-0.15, -0.1) is 12.6 Å². The van der Waals surface area contributed by atoms with Crippen molar-refractivity contribution in [2.75, 3.05) is 0 Å². The van der Waals surface area contributed by atoms with E-state index < -0.39 is 5.91 Å². The van der Waals surface area contributed by atoms with Gasteiger partial charge in [-0.2, -0.15) is 0 Å². The van der Waals surface area contributed by atoms with Crippen LogP contribution in [0, 0.1) is 3.57 Å². The second-order valence-electron chi connectivity index (χ2n) is 2.03. The van der Waals surface area contributed by atoms with Crippen LogP contribution in [0.25, 0.3) is 0 Å². The molecule has 0 bridgehead atoms. The highest BCUT2D eigenvalue weighted by Gasteiger charge is 2.04. The van der Waals surface area contributed by atoms with E-state index in [4.69, 9.17) is 5.73 Å². The Morgan fingerprint density at radius 2 is 2.18 bits per heavy atom. The van der Waals surface area contributed by atoms with E-state index in [1.165, 1.54) is 0 Å². The van der Waals surface area contributed by atoms with E-state index in [9.17, 15) is 4.79 Å². The standard InChI is InChI=1S/C7H6INOS/c8-4-1-2-6(11)5(3-4)7(9)10/h1-3,11H,(H2,9,10). The molecule has 0 atom stereocenters. The van der Waals surface area contributed by atoms with Gasteiger partial charge in [-0.3, -0.25) is 4.79 Å². The van der Waals surface area contributed by atoms with Gasteiger partial charge in [0.05, 0.1) is 5.56 Å². The Balaban J connectivity index is 3.23. The molecule has 0 radical (unpaired) electrons. The Morgan fingerprint density at radius 3 is 2.64 bits per heavy atom. The maximum Gasteiger partial charge on any atom is 0.249 e. The first-order chi connectivity index (χ1) is 5.11. The molecule has 0 aromatic heterocycles. The van der Waals surface area contributed by atoms with Crippen LogP contribution in [0.1, 0.15) is 10.4 Å².